The van der Waals surface area contributed by atoms with Crippen LogP contribution in [0.3, 0.4) is 0 Å². The molecule has 0 spiro atoms. The molecule has 3 heteroatoms. The minimum absolute atomic E-state index is 0.146. The highest BCUT2D eigenvalue weighted by Gasteiger charge is 2.06. The van der Waals surface area contributed by atoms with E-state index in [1.165, 1.54) is 11.1 Å². The van der Waals surface area contributed by atoms with Gasteiger partial charge in [-0.1, -0.05) is 36.4 Å². The highest BCUT2D eigenvalue weighted by atomic mass is 16.1. The average molecular weight is 294 g/mol. The predicted molar refractivity (Wildman–Crippen MR) is 90.3 cm³/mol. The van der Waals surface area contributed by atoms with Gasteiger partial charge >= 0.3 is 0 Å². The average Bonchev–Trinajstić information content (AvgIpc) is 2.55. The fourth-order valence-corrected chi connectivity index (χ4v) is 2.76. The van der Waals surface area contributed by atoms with Crippen molar-refractivity contribution in [2.45, 2.75) is 25.8 Å². The van der Waals surface area contributed by atoms with Crippen molar-refractivity contribution in [2.24, 2.45) is 0 Å². The molecule has 2 aliphatic heterocycles. The number of carbonyl (C=O) groups is 1. The van der Waals surface area contributed by atoms with Crippen LogP contribution in [0.1, 0.15) is 34.3 Å². The van der Waals surface area contributed by atoms with E-state index in [9.17, 15) is 4.79 Å². The zero-order valence-electron chi connectivity index (χ0n) is 12.8. The molecule has 0 unspecified atom stereocenters. The molecule has 2 N–H and O–H groups in total. The fourth-order valence-electron chi connectivity index (χ4n) is 2.76. The number of rotatable bonds is 0. The lowest BCUT2D eigenvalue weighted by molar-refractivity contribution is 0.0991. The molecule has 0 amide bonds. The summed E-state index contributed by atoms with van der Waals surface area (Å²) < 4.78 is 0. The fraction of sp³-hybridized carbons (Fsp3) is 0.316. The number of anilines is 1. The maximum Gasteiger partial charge on any atom is 0.176 e. The molecule has 114 valence electrons. The summed E-state index contributed by atoms with van der Waals surface area (Å²) in [6.07, 6.45) is 3.36. The molecule has 3 nitrogen and oxygen atoms in total. The normalized spacial score (nSPS) is 16.3. The van der Waals surface area contributed by atoms with Gasteiger partial charge in [-0.2, -0.15) is 0 Å². The van der Waals surface area contributed by atoms with Gasteiger partial charge in [-0.3, -0.25) is 4.79 Å². The Balaban J connectivity index is 1.74. The third-order valence-electron chi connectivity index (χ3n) is 4.04. The van der Waals surface area contributed by atoms with Crippen LogP contribution in [-0.4, -0.2) is 18.9 Å². The number of carbonyl (C=O) groups excluding carboxylic acids is 1. The van der Waals surface area contributed by atoms with Crippen LogP contribution in [0.5, 0.6) is 0 Å². The van der Waals surface area contributed by atoms with Gasteiger partial charge in [-0.05, 0) is 42.5 Å². The summed E-state index contributed by atoms with van der Waals surface area (Å²) in [6.45, 7) is 2.07. The van der Waals surface area contributed by atoms with Gasteiger partial charge in [0.05, 0.1) is 6.54 Å². The van der Waals surface area contributed by atoms with Gasteiger partial charge in [0.2, 0.25) is 0 Å². The molecule has 2 heterocycles. The number of fused-ring (bicyclic) bond motifs is 9. The third kappa shape index (κ3) is 3.95. The monoisotopic (exact) mass is 294 g/mol. The van der Waals surface area contributed by atoms with Crippen molar-refractivity contribution in [1.29, 1.82) is 0 Å². The van der Waals surface area contributed by atoms with E-state index in [-0.39, 0.29) is 5.78 Å². The maximum atomic E-state index is 12.2. The Hall–Kier alpha value is -2.13. The topological polar surface area (TPSA) is 41.1 Å². The minimum Gasteiger partial charge on any atom is -0.385 e. The number of aryl methyl sites for hydroxylation is 1. The standard InChI is InChI=1S/C19H22N2O/c22-19-14-20-13-16-5-3-6-18(12-16)21-11-2-1-4-15-7-9-17(19)10-8-15/h3,5-10,12,20-21H,1-2,4,11,13-14H2. The molecule has 0 radical (unpaired) electrons. The molecule has 0 atom stereocenters. The number of hydrogen-bond donors (Lipinski definition) is 2. The molecule has 2 aromatic carbocycles. The van der Waals surface area contributed by atoms with Gasteiger partial charge in [-0.25, -0.2) is 0 Å². The van der Waals surface area contributed by atoms with Crippen LogP contribution in [0.25, 0.3) is 0 Å². The molecule has 0 aromatic heterocycles. The second kappa shape index (κ2) is 7.23. The van der Waals surface area contributed by atoms with E-state index in [2.05, 4.69) is 47.0 Å². The lowest BCUT2D eigenvalue weighted by Crippen LogP contribution is -2.22. The smallest absolute Gasteiger partial charge is 0.176 e. The molecule has 4 rings (SSSR count). The quantitative estimate of drug-likeness (QED) is 0.782. The van der Waals surface area contributed by atoms with E-state index in [0.717, 1.165) is 37.1 Å². The van der Waals surface area contributed by atoms with E-state index < -0.39 is 0 Å². The first-order valence-electron chi connectivity index (χ1n) is 7.97. The van der Waals surface area contributed by atoms with Crippen molar-refractivity contribution in [3.63, 3.8) is 0 Å². The van der Waals surface area contributed by atoms with E-state index in [0.29, 0.717) is 13.1 Å². The van der Waals surface area contributed by atoms with Crippen LogP contribution in [0, 0.1) is 0 Å². The molecular formula is C19H22N2O. The minimum atomic E-state index is 0.146. The van der Waals surface area contributed by atoms with E-state index in [1.54, 1.807) is 0 Å². The van der Waals surface area contributed by atoms with Gasteiger partial charge in [0.25, 0.3) is 0 Å². The largest absolute Gasteiger partial charge is 0.385 e. The highest BCUT2D eigenvalue weighted by Crippen LogP contribution is 2.13. The molecule has 0 saturated heterocycles. The molecule has 0 fully saturated rings. The van der Waals surface area contributed by atoms with Crippen LogP contribution in [0.2, 0.25) is 0 Å². The Bertz CT molecular complexity index is 634. The zero-order chi connectivity index (χ0) is 15.2. The van der Waals surface area contributed by atoms with Gasteiger partial charge in [0.1, 0.15) is 0 Å². The van der Waals surface area contributed by atoms with Crippen molar-refractivity contribution < 1.29 is 4.79 Å². The number of benzene rings is 2. The Morgan fingerprint density at radius 2 is 1.73 bits per heavy atom. The Morgan fingerprint density at radius 3 is 2.59 bits per heavy atom. The molecule has 4 bridgehead atoms. The number of ketones is 1. The summed E-state index contributed by atoms with van der Waals surface area (Å²) in [5.41, 5.74) is 4.44. The van der Waals surface area contributed by atoms with Crippen LogP contribution in [-0.2, 0) is 13.0 Å². The lowest BCUT2D eigenvalue weighted by atomic mass is 10.0. The van der Waals surface area contributed by atoms with Crippen LogP contribution in [0.4, 0.5) is 5.69 Å². The second-order valence-corrected chi connectivity index (χ2v) is 5.81. The molecule has 22 heavy (non-hydrogen) atoms. The van der Waals surface area contributed by atoms with Gasteiger partial charge < -0.3 is 10.6 Å². The predicted octanol–water partition coefficient (Wildman–Crippen LogP) is 3.41. The molecular weight excluding hydrogens is 272 g/mol. The van der Waals surface area contributed by atoms with Crippen molar-refractivity contribution >= 4 is 11.5 Å². The summed E-state index contributed by atoms with van der Waals surface area (Å²) in [7, 11) is 0. The zero-order valence-corrected chi connectivity index (χ0v) is 12.8. The highest BCUT2D eigenvalue weighted by molar-refractivity contribution is 5.97. The summed E-state index contributed by atoms with van der Waals surface area (Å²) in [5, 5.41) is 6.71. The Morgan fingerprint density at radius 1 is 0.864 bits per heavy atom. The molecule has 2 aliphatic rings. The first-order chi connectivity index (χ1) is 10.8. The molecule has 2 aromatic rings. The SMILES string of the molecule is O=C1CNCc2cccc(c2)NCCCCc2ccc1cc2. The van der Waals surface area contributed by atoms with E-state index >= 15 is 0 Å². The number of nitrogens with one attached hydrogen (secondary N) is 2. The molecule has 0 saturated carbocycles. The summed E-state index contributed by atoms with van der Waals surface area (Å²) >= 11 is 0. The van der Waals surface area contributed by atoms with Gasteiger partial charge in [0.15, 0.2) is 5.78 Å². The van der Waals surface area contributed by atoms with Crippen LogP contribution in [0.15, 0.2) is 48.5 Å². The molecule has 0 aliphatic carbocycles. The van der Waals surface area contributed by atoms with Gasteiger partial charge in [0, 0.05) is 24.3 Å². The summed E-state index contributed by atoms with van der Waals surface area (Å²) in [5.74, 6) is 0.146. The van der Waals surface area contributed by atoms with Crippen molar-refractivity contribution in [2.75, 3.05) is 18.4 Å². The second-order valence-electron chi connectivity index (χ2n) is 5.81. The summed E-state index contributed by atoms with van der Waals surface area (Å²) in [6, 6.07) is 16.4. The van der Waals surface area contributed by atoms with Crippen molar-refractivity contribution in [3.8, 4) is 0 Å². The summed E-state index contributed by atoms with van der Waals surface area (Å²) in [4.78, 5) is 12.2. The number of Topliss-reactive ketones (excluding diaryl/α,β-unsaturated/α-hetero) is 1. The van der Waals surface area contributed by atoms with Crippen molar-refractivity contribution in [3.05, 3.63) is 65.2 Å². The Kier molecular flexibility index (Phi) is 4.86. The first-order valence-corrected chi connectivity index (χ1v) is 7.97. The van der Waals surface area contributed by atoms with E-state index in [1.807, 2.05) is 12.1 Å². The third-order valence-corrected chi connectivity index (χ3v) is 4.04. The van der Waals surface area contributed by atoms with Crippen LogP contribution < -0.4 is 10.6 Å². The van der Waals surface area contributed by atoms with Crippen molar-refractivity contribution in [1.82, 2.24) is 5.32 Å². The number of hydrogen-bond acceptors (Lipinski definition) is 3. The van der Waals surface area contributed by atoms with E-state index in [4.69, 9.17) is 0 Å². The first kappa shape index (κ1) is 14.8. The Labute approximate surface area is 131 Å². The van der Waals surface area contributed by atoms with Gasteiger partial charge in [-0.15, -0.1) is 0 Å². The lowest BCUT2D eigenvalue weighted by Gasteiger charge is -2.11. The van der Waals surface area contributed by atoms with Crippen LogP contribution >= 0.6 is 0 Å². The maximum absolute atomic E-state index is 12.2.